The third-order valence-electron chi connectivity index (χ3n) is 1.27. The lowest BCUT2D eigenvalue weighted by Crippen LogP contribution is -2.10. The molecule has 0 N–H and O–H groups in total. The molecule has 0 aliphatic heterocycles. The fraction of sp³-hybridized carbons (Fsp3) is 0.800. The van der Waals surface area contributed by atoms with Crippen LogP contribution in [-0.4, -0.2) is 6.29 Å². The monoisotopic (exact) mass is 83.0 g/mol. The van der Waals surface area contributed by atoms with Gasteiger partial charge in [0, 0.05) is 5.92 Å². The molecule has 0 bridgehead atoms. The van der Waals surface area contributed by atoms with Crippen molar-refractivity contribution in [2.45, 2.75) is 19.3 Å². The molecule has 1 heteroatoms. The fourth-order valence-electron chi connectivity index (χ4n) is 0.526. The van der Waals surface area contributed by atoms with Gasteiger partial charge in [-0.1, -0.05) is 6.42 Å². The third kappa shape index (κ3) is 0.445. The van der Waals surface area contributed by atoms with Gasteiger partial charge in [-0.15, -0.1) is 0 Å². The minimum Gasteiger partial charge on any atom is -0.291 e. The van der Waals surface area contributed by atoms with Crippen LogP contribution < -0.4 is 0 Å². The van der Waals surface area contributed by atoms with E-state index < -0.39 is 0 Å². The van der Waals surface area contributed by atoms with E-state index in [0.29, 0.717) is 5.92 Å². The van der Waals surface area contributed by atoms with Gasteiger partial charge in [0.1, 0.15) is 0 Å². The van der Waals surface area contributed by atoms with Gasteiger partial charge in [0.15, 0.2) is 0 Å². The van der Waals surface area contributed by atoms with Crippen molar-refractivity contribution in [2.75, 3.05) is 0 Å². The summed E-state index contributed by atoms with van der Waals surface area (Å²) in [6.45, 7) is 0. The molecule has 6 heavy (non-hydrogen) atoms. The molecule has 33 valence electrons. The van der Waals surface area contributed by atoms with Gasteiger partial charge in [-0.05, 0) is 12.8 Å². The summed E-state index contributed by atoms with van der Waals surface area (Å²) in [6, 6.07) is 0. The highest BCUT2D eigenvalue weighted by molar-refractivity contribution is 5.55. The minimum absolute atomic E-state index is 0.310. The first-order valence-corrected chi connectivity index (χ1v) is 2.31. The summed E-state index contributed by atoms with van der Waals surface area (Å²) >= 11 is 0. The van der Waals surface area contributed by atoms with E-state index in [9.17, 15) is 4.79 Å². The van der Waals surface area contributed by atoms with Crippen molar-refractivity contribution in [1.29, 1.82) is 0 Å². The molecular formula is C5H7O. The highest BCUT2D eigenvalue weighted by atomic mass is 16.1. The Kier molecular flexibility index (Phi) is 0.906. The van der Waals surface area contributed by atoms with Crippen LogP contribution in [0.1, 0.15) is 19.3 Å². The van der Waals surface area contributed by atoms with Crippen LogP contribution >= 0.6 is 0 Å². The maximum absolute atomic E-state index is 9.66. The lowest BCUT2D eigenvalue weighted by Gasteiger charge is -2.16. The quantitative estimate of drug-likeness (QED) is 0.460. The van der Waals surface area contributed by atoms with Crippen LogP contribution in [0.5, 0.6) is 0 Å². The van der Waals surface area contributed by atoms with Gasteiger partial charge in [0.25, 0.3) is 0 Å². The van der Waals surface area contributed by atoms with Crippen LogP contribution in [-0.2, 0) is 4.79 Å². The van der Waals surface area contributed by atoms with Gasteiger partial charge in [-0.2, -0.15) is 0 Å². The van der Waals surface area contributed by atoms with Crippen molar-refractivity contribution in [3.63, 3.8) is 0 Å². The van der Waals surface area contributed by atoms with E-state index in [4.69, 9.17) is 0 Å². The SMILES string of the molecule is O=[C]C1CCC1. The highest BCUT2D eigenvalue weighted by Crippen LogP contribution is 2.23. The topological polar surface area (TPSA) is 17.1 Å². The lowest BCUT2D eigenvalue weighted by atomic mass is 9.87. The Morgan fingerprint density at radius 1 is 1.50 bits per heavy atom. The molecule has 1 nitrogen and oxygen atoms in total. The first kappa shape index (κ1) is 3.85. The molecule has 0 heterocycles. The molecule has 1 aliphatic rings. The summed E-state index contributed by atoms with van der Waals surface area (Å²) in [6.07, 6.45) is 5.36. The van der Waals surface area contributed by atoms with E-state index in [1.807, 2.05) is 6.29 Å². The van der Waals surface area contributed by atoms with Gasteiger partial charge >= 0.3 is 0 Å². The molecule has 0 aromatic heterocycles. The molecule has 0 atom stereocenters. The van der Waals surface area contributed by atoms with Crippen LogP contribution in [0.2, 0.25) is 0 Å². The zero-order chi connectivity index (χ0) is 4.41. The van der Waals surface area contributed by atoms with Crippen molar-refractivity contribution in [3.8, 4) is 0 Å². The maximum atomic E-state index is 9.66. The van der Waals surface area contributed by atoms with Gasteiger partial charge in [-0.3, -0.25) is 4.79 Å². The summed E-state index contributed by atoms with van der Waals surface area (Å²) in [5.74, 6) is 0.310. The van der Waals surface area contributed by atoms with Gasteiger partial charge in [0.2, 0.25) is 6.29 Å². The average molecular weight is 83.1 g/mol. The Hall–Kier alpha value is -0.330. The van der Waals surface area contributed by atoms with E-state index in [2.05, 4.69) is 0 Å². The van der Waals surface area contributed by atoms with E-state index in [-0.39, 0.29) is 0 Å². The number of hydrogen-bond acceptors (Lipinski definition) is 1. The summed E-state index contributed by atoms with van der Waals surface area (Å²) in [4.78, 5) is 9.66. The Bertz CT molecular complexity index is 55.0. The molecule has 0 unspecified atom stereocenters. The second-order valence-electron chi connectivity index (χ2n) is 1.75. The van der Waals surface area contributed by atoms with Gasteiger partial charge in [0.05, 0.1) is 0 Å². The summed E-state index contributed by atoms with van der Waals surface area (Å²) in [5, 5.41) is 0. The van der Waals surface area contributed by atoms with Crippen molar-refractivity contribution in [1.82, 2.24) is 0 Å². The van der Waals surface area contributed by atoms with E-state index in [1.165, 1.54) is 6.42 Å². The lowest BCUT2D eigenvalue weighted by molar-refractivity contribution is 0.388. The van der Waals surface area contributed by atoms with E-state index in [0.717, 1.165) is 12.8 Å². The van der Waals surface area contributed by atoms with Crippen molar-refractivity contribution < 1.29 is 4.79 Å². The Morgan fingerprint density at radius 2 is 2.17 bits per heavy atom. The van der Waals surface area contributed by atoms with Gasteiger partial charge in [-0.25, -0.2) is 0 Å². The molecule has 1 aliphatic carbocycles. The predicted octanol–water partition coefficient (Wildman–Crippen LogP) is 0.896. The van der Waals surface area contributed by atoms with Gasteiger partial charge < -0.3 is 0 Å². The largest absolute Gasteiger partial charge is 0.291 e. The standard InChI is InChI=1S/C5H7O/c6-4-5-2-1-3-5/h5H,1-3H2. The summed E-state index contributed by atoms with van der Waals surface area (Å²) in [5.41, 5.74) is 0. The molecule has 1 rings (SSSR count). The summed E-state index contributed by atoms with van der Waals surface area (Å²) in [7, 11) is 0. The second-order valence-corrected chi connectivity index (χ2v) is 1.75. The molecule has 1 saturated carbocycles. The third-order valence-corrected chi connectivity index (χ3v) is 1.27. The van der Waals surface area contributed by atoms with Crippen LogP contribution in [0.3, 0.4) is 0 Å². The molecule has 0 saturated heterocycles. The molecule has 1 fully saturated rings. The molecule has 0 aromatic rings. The molecule has 0 spiro atoms. The normalized spacial score (nSPS) is 22.7. The predicted molar refractivity (Wildman–Crippen MR) is 23.0 cm³/mol. The van der Waals surface area contributed by atoms with Crippen molar-refractivity contribution in [2.24, 2.45) is 5.92 Å². The first-order chi connectivity index (χ1) is 2.93. The van der Waals surface area contributed by atoms with E-state index >= 15 is 0 Å². The van der Waals surface area contributed by atoms with Crippen molar-refractivity contribution in [3.05, 3.63) is 0 Å². The number of carbonyl (C=O) groups excluding carboxylic acids is 1. The molecule has 0 amide bonds. The van der Waals surface area contributed by atoms with Crippen LogP contribution in [0.25, 0.3) is 0 Å². The zero-order valence-electron chi connectivity index (χ0n) is 3.61. The Morgan fingerprint density at radius 3 is 2.17 bits per heavy atom. The smallest absolute Gasteiger partial charge is 0.201 e. The second kappa shape index (κ2) is 1.41. The number of hydrogen-bond donors (Lipinski definition) is 0. The van der Waals surface area contributed by atoms with Crippen LogP contribution in [0.15, 0.2) is 0 Å². The Balaban J connectivity index is 2.16. The van der Waals surface area contributed by atoms with Crippen LogP contribution in [0.4, 0.5) is 0 Å². The summed E-state index contributed by atoms with van der Waals surface area (Å²) < 4.78 is 0. The van der Waals surface area contributed by atoms with E-state index in [1.54, 1.807) is 0 Å². The van der Waals surface area contributed by atoms with Crippen molar-refractivity contribution >= 4 is 6.29 Å². The first-order valence-electron chi connectivity index (χ1n) is 2.31. The highest BCUT2D eigenvalue weighted by Gasteiger charge is 2.15. The fourth-order valence-corrected chi connectivity index (χ4v) is 0.526. The Labute approximate surface area is 37.4 Å². The molecule has 1 radical (unpaired) electrons. The average Bonchev–Trinajstić information content (AvgIpc) is 1.31. The molecular weight excluding hydrogens is 76.1 g/mol. The van der Waals surface area contributed by atoms with Crippen LogP contribution in [0, 0.1) is 5.92 Å². The number of rotatable bonds is 1. The molecule has 0 aromatic carbocycles. The maximum Gasteiger partial charge on any atom is 0.201 e. The zero-order valence-corrected chi connectivity index (χ0v) is 3.61. The minimum atomic E-state index is 0.310.